The molecule has 0 bridgehead atoms. The van der Waals surface area contributed by atoms with Crippen molar-refractivity contribution in [3.05, 3.63) is 57.0 Å². The number of nitrogen functional groups attached to an aromatic ring is 1. The van der Waals surface area contributed by atoms with Gasteiger partial charge in [-0.3, -0.25) is 4.90 Å². The molecule has 6 heteroatoms. The minimum atomic E-state index is 0.405. The number of halogens is 3. The molecule has 0 amide bonds. The van der Waals surface area contributed by atoms with Crippen molar-refractivity contribution in [1.29, 1.82) is 0 Å². The zero-order valence-corrected chi connectivity index (χ0v) is 17.4. The first-order chi connectivity index (χ1) is 13.0. The molecule has 3 atom stereocenters. The zero-order chi connectivity index (χ0) is 19.0. The molecule has 2 fully saturated rings. The van der Waals surface area contributed by atoms with Crippen molar-refractivity contribution in [2.45, 2.75) is 43.7 Å². The fraction of sp³-hybridized carbons (Fsp3) is 0.429. The van der Waals surface area contributed by atoms with Crippen LogP contribution in [0, 0.1) is 0 Å². The number of nitrogens with two attached hydrogens (primary N) is 1. The molecular formula is C21H24Cl3N3. The van der Waals surface area contributed by atoms with Gasteiger partial charge < -0.3 is 11.1 Å². The lowest BCUT2D eigenvalue weighted by atomic mass is 9.82. The van der Waals surface area contributed by atoms with E-state index in [4.69, 9.17) is 40.5 Å². The maximum absolute atomic E-state index is 6.42. The first-order valence-electron chi connectivity index (χ1n) is 9.51. The van der Waals surface area contributed by atoms with Gasteiger partial charge in [-0.2, -0.15) is 0 Å². The van der Waals surface area contributed by atoms with Crippen molar-refractivity contribution in [2.24, 2.45) is 0 Å². The number of benzene rings is 2. The van der Waals surface area contributed by atoms with Crippen LogP contribution < -0.4 is 11.1 Å². The van der Waals surface area contributed by atoms with Crippen molar-refractivity contribution < 1.29 is 0 Å². The maximum atomic E-state index is 6.42. The molecule has 2 aromatic carbocycles. The number of rotatable bonds is 3. The van der Waals surface area contributed by atoms with Crippen molar-refractivity contribution >= 4 is 46.2 Å². The van der Waals surface area contributed by atoms with Crippen LogP contribution in [-0.4, -0.2) is 30.1 Å². The topological polar surface area (TPSA) is 41.3 Å². The van der Waals surface area contributed by atoms with Crippen LogP contribution in [0.15, 0.2) is 36.4 Å². The summed E-state index contributed by atoms with van der Waals surface area (Å²) in [6.07, 6.45) is 4.60. The van der Waals surface area contributed by atoms with Gasteiger partial charge >= 0.3 is 0 Å². The van der Waals surface area contributed by atoms with E-state index in [2.05, 4.69) is 22.3 Å². The molecule has 0 aromatic heterocycles. The van der Waals surface area contributed by atoms with E-state index in [1.54, 1.807) is 6.07 Å². The zero-order valence-electron chi connectivity index (χ0n) is 15.1. The van der Waals surface area contributed by atoms with Gasteiger partial charge in [-0.25, -0.2) is 0 Å². The predicted octanol–water partition coefficient (Wildman–Crippen LogP) is 6.05. The van der Waals surface area contributed by atoms with E-state index in [-0.39, 0.29) is 0 Å². The molecule has 2 aromatic rings. The molecule has 2 aliphatic rings. The van der Waals surface area contributed by atoms with E-state index in [0.29, 0.717) is 33.7 Å². The van der Waals surface area contributed by atoms with Gasteiger partial charge in [0.15, 0.2) is 0 Å². The molecule has 27 heavy (non-hydrogen) atoms. The standard InChI is InChI=1S/C21H24Cl3N3/c22-17-4-2-1-3-16(17)13-5-6-15-9-14(7-8-27(15)12-13)26-21-11-19(24)18(23)10-20(21)25/h1-4,10-11,13-15,26H,5-9,12,25H2/t13-,14+,15+/m0/s1. The van der Waals surface area contributed by atoms with Gasteiger partial charge in [-0.15, -0.1) is 0 Å². The van der Waals surface area contributed by atoms with E-state index in [1.807, 2.05) is 18.2 Å². The SMILES string of the molecule is Nc1cc(Cl)c(Cl)cc1N[C@@H]1CCN2C[C@@H](c3ccccc3Cl)CC[C@@H]2C1. The second-order valence-electron chi connectivity index (χ2n) is 7.66. The third-order valence-corrected chi connectivity index (χ3v) is 7.00. The summed E-state index contributed by atoms with van der Waals surface area (Å²) >= 11 is 18.6. The lowest BCUT2D eigenvalue weighted by Gasteiger charge is -2.45. The van der Waals surface area contributed by atoms with E-state index in [1.165, 1.54) is 18.4 Å². The van der Waals surface area contributed by atoms with Crippen LogP contribution in [-0.2, 0) is 0 Å². The second kappa shape index (κ2) is 8.08. The highest BCUT2D eigenvalue weighted by Gasteiger charge is 2.34. The van der Waals surface area contributed by atoms with Gasteiger partial charge in [-0.05, 0) is 55.4 Å². The quantitative estimate of drug-likeness (QED) is 0.589. The molecule has 4 rings (SSSR count). The van der Waals surface area contributed by atoms with Gasteiger partial charge in [0.25, 0.3) is 0 Å². The Bertz CT molecular complexity index is 826. The highest BCUT2D eigenvalue weighted by molar-refractivity contribution is 6.42. The molecule has 2 saturated heterocycles. The minimum Gasteiger partial charge on any atom is -0.397 e. The van der Waals surface area contributed by atoms with Gasteiger partial charge in [0.05, 0.1) is 21.4 Å². The van der Waals surface area contributed by atoms with Crippen molar-refractivity contribution in [3.8, 4) is 0 Å². The minimum absolute atomic E-state index is 0.405. The highest BCUT2D eigenvalue weighted by atomic mass is 35.5. The summed E-state index contributed by atoms with van der Waals surface area (Å²) in [5.74, 6) is 0.533. The molecule has 2 heterocycles. The van der Waals surface area contributed by atoms with Crippen LogP contribution in [0.2, 0.25) is 15.1 Å². The average molecular weight is 425 g/mol. The number of anilines is 2. The Morgan fingerprint density at radius 3 is 2.56 bits per heavy atom. The first kappa shape index (κ1) is 19.2. The van der Waals surface area contributed by atoms with Crippen LogP contribution in [0.5, 0.6) is 0 Å². The summed E-state index contributed by atoms with van der Waals surface area (Å²) in [5.41, 5.74) is 8.93. The van der Waals surface area contributed by atoms with Gasteiger partial charge in [0.1, 0.15) is 0 Å². The number of hydrogen-bond donors (Lipinski definition) is 2. The molecule has 0 unspecified atom stereocenters. The van der Waals surface area contributed by atoms with Gasteiger partial charge in [-0.1, -0.05) is 53.0 Å². The smallest absolute Gasteiger partial charge is 0.0614 e. The maximum Gasteiger partial charge on any atom is 0.0614 e. The molecule has 0 spiro atoms. The van der Waals surface area contributed by atoms with E-state index in [9.17, 15) is 0 Å². The van der Waals surface area contributed by atoms with Crippen LogP contribution >= 0.6 is 34.8 Å². The monoisotopic (exact) mass is 423 g/mol. The van der Waals surface area contributed by atoms with Gasteiger partial charge in [0.2, 0.25) is 0 Å². The molecule has 0 aliphatic carbocycles. The summed E-state index contributed by atoms with van der Waals surface area (Å²) in [7, 11) is 0. The molecule has 0 radical (unpaired) electrons. The summed E-state index contributed by atoms with van der Waals surface area (Å²) < 4.78 is 0. The van der Waals surface area contributed by atoms with Crippen LogP contribution in [0.4, 0.5) is 11.4 Å². The molecular weight excluding hydrogens is 401 g/mol. The van der Waals surface area contributed by atoms with Crippen LogP contribution in [0.25, 0.3) is 0 Å². The summed E-state index contributed by atoms with van der Waals surface area (Å²) in [6, 6.07) is 12.8. The Morgan fingerprint density at radius 1 is 0.963 bits per heavy atom. The third kappa shape index (κ3) is 4.17. The summed E-state index contributed by atoms with van der Waals surface area (Å²) in [4.78, 5) is 2.63. The highest BCUT2D eigenvalue weighted by Crippen LogP contribution is 2.38. The Morgan fingerprint density at radius 2 is 1.74 bits per heavy atom. The van der Waals surface area contributed by atoms with Crippen molar-refractivity contribution in [2.75, 3.05) is 24.1 Å². The van der Waals surface area contributed by atoms with E-state index >= 15 is 0 Å². The predicted molar refractivity (Wildman–Crippen MR) is 116 cm³/mol. The van der Waals surface area contributed by atoms with Crippen LogP contribution in [0.1, 0.15) is 37.2 Å². The number of nitrogens with zero attached hydrogens (tertiary/aromatic N) is 1. The average Bonchev–Trinajstić information content (AvgIpc) is 2.66. The Kier molecular flexibility index (Phi) is 5.75. The fourth-order valence-electron chi connectivity index (χ4n) is 4.51. The Hall–Kier alpha value is -1.13. The summed E-state index contributed by atoms with van der Waals surface area (Å²) in [5, 5.41) is 5.51. The number of hydrogen-bond acceptors (Lipinski definition) is 3. The number of piperidine rings is 2. The Labute approximate surface area is 175 Å². The fourth-order valence-corrected chi connectivity index (χ4v) is 5.13. The molecule has 0 saturated carbocycles. The van der Waals surface area contributed by atoms with Crippen molar-refractivity contribution in [1.82, 2.24) is 4.90 Å². The van der Waals surface area contributed by atoms with E-state index in [0.717, 1.165) is 36.6 Å². The molecule has 2 aliphatic heterocycles. The lowest BCUT2D eigenvalue weighted by Crippen LogP contribution is -2.50. The largest absolute Gasteiger partial charge is 0.397 e. The summed E-state index contributed by atoms with van der Waals surface area (Å²) in [6.45, 7) is 2.18. The lowest BCUT2D eigenvalue weighted by molar-refractivity contribution is 0.0902. The molecule has 3 nitrogen and oxygen atoms in total. The van der Waals surface area contributed by atoms with Gasteiger partial charge in [0, 0.05) is 30.2 Å². The van der Waals surface area contributed by atoms with Crippen molar-refractivity contribution in [3.63, 3.8) is 0 Å². The number of nitrogens with one attached hydrogen (secondary N) is 1. The normalized spacial score (nSPS) is 25.8. The second-order valence-corrected chi connectivity index (χ2v) is 8.89. The third-order valence-electron chi connectivity index (χ3n) is 5.94. The van der Waals surface area contributed by atoms with E-state index < -0.39 is 0 Å². The molecule has 3 N–H and O–H groups in total. The first-order valence-corrected chi connectivity index (χ1v) is 10.6. The molecule has 144 valence electrons. The number of fused-ring (bicyclic) bond motifs is 1. The van der Waals surface area contributed by atoms with Crippen LogP contribution in [0.3, 0.4) is 0 Å². The Balaban J connectivity index is 1.40.